The topological polar surface area (TPSA) is 75.6 Å². The van der Waals surface area contributed by atoms with Crippen molar-refractivity contribution in [2.45, 2.75) is 39.7 Å². The molecule has 5 heteroatoms. The number of hydrogen-bond acceptors (Lipinski definition) is 3. The molecule has 0 heterocycles. The number of nitrogens with one attached hydrogen (secondary N) is 1. The number of aliphatic carboxylic acids is 1. The molecule has 0 saturated carbocycles. The molecular weight excluding hydrogens is 318 g/mol. The van der Waals surface area contributed by atoms with Crippen LogP contribution < -0.4 is 10.1 Å². The summed E-state index contributed by atoms with van der Waals surface area (Å²) < 4.78 is 5.27. The van der Waals surface area contributed by atoms with E-state index in [1.807, 2.05) is 18.2 Å². The lowest BCUT2D eigenvalue weighted by Gasteiger charge is -2.15. The van der Waals surface area contributed by atoms with Gasteiger partial charge in [-0.3, -0.25) is 4.79 Å². The van der Waals surface area contributed by atoms with Gasteiger partial charge in [0.25, 0.3) is 5.91 Å². The third kappa shape index (κ3) is 4.59. The van der Waals surface area contributed by atoms with E-state index < -0.39 is 12.1 Å². The predicted molar refractivity (Wildman–Crippen MR) is 97.3 cm³/mol. The van der Waals surface area contributed by atoms with Crippen LogP contribution in [0.4, 0.5) is 5.69 Å². The highest BCUT2D eigenvalue weighted by atomic mass is 16.5. The van der Waals surface area contributed by atoms with Gasteiger partial charge in [0.2, 0.25) is 0 Å². The molecule has 0 saturated heterocycles. The average molecular weight is 341 g/mol. The van der Waals surface area contributed by atoms with Gasteiger partial charge in [-0.25, -0.2) is 4.79 Å². The lowest BCUT2D eigenvalue weighted by atomic mass is 10.0. The van der Waals surface area contributed by atoms with Crippen molar-refractivity contribution in [2.75, 3.05) is 5.32 Å². The molecule has 25 heavy (non-hydrogen) atoms. The summed E-state index contributed by atoms with van der Waals surface area (Å²) in [5, 5.41) is 11.9. The molecule has 0 radical (unpaired) electrons. The molecular formula is C20H23NO4. The number of aryl methyl sites for hydroxylation is 2. The zero-order valence-electron chi connectivity index (χ0n) is 14.7. The number of amides is 1. The molecule has 2 rings (SSSR count). The Morgan fingerprint density at radius 1 is 1.04 bits per heavy atom. The number of carbonyl (C=O) groups excluding carboxylic acids is 1. The number of carbonyl (C=O) groups is 2. The smallest absolute Gasteiger partial charge is 0.344 e. The largest absolute Gasteiger partial charge is 0.479 e. The van der Waals surface area contributed by atoms with Crippen molar-refractivity contribution in [3.8, 4) is 5.75 Å². The Hall–Kier alpha value is -2.82. The summed E-state index contributed by atoms with van der Waals surface area (Å²) in [7, 11) is 0. The van der Waals surface area contributed by atoms with Gasteiger partial charge in [-0.05, 0) is 55.2 Å². The van der Waals surface area contributed by atoms with Crippen LogP contribution in [0.15, 0.2) is 42.5 Å². The number of carboxylic acids is 1. The minimum absolute atomic E-state index is 0.201. The monoisotopic (exact) mass is 341 g/mol. The highest BCUT2D eigenvalue weighted by Gasteiger charge is 2.14. The molecule has 0 bridgehead atoms. The molecule has 0 aromatic heterocycles. The van der Waals surface area contributed by atoms with Gasteiger partial charge in [0, 0.05) is 11.3 Å². The van der Waals surface area contributed by atoms with Crippen LogP contribution in [0.3, 0.4) is 0 Å². The number of para-hydroxylation sites is 1. The highest BCUT2D eigenvalue weighted by molar-refractivity contribution is 6.05. The minimum atomic E-state index is -1.04. The molecule has 1 atom stereocenters. The molecule has 0 spiro atoms. The van der Waals surface area contributed by atoms with Crippen LogP contribution in [0.5, 0.6) is 5.75 Å². The van der Waals surface area contributed by atoms with Gasteiger partial charge in [0.05, 0.1) is 0 Å². The maximum absolute atomic E-state index is 12.5. The van der Waals surface area contributed by atoms with E-state index >= 15 is 0 Å². The first-order chi connectivity index (χ1) is 12.0. The summed E-state index contributed by atoms with van der Waals surface area (Å²) in [6.07, 6.45) is 0.732. The molecule has 0 aliphatic rings. The van der Waals surface area contributed by atoms with Crippen molar-refractivity contribution in [2.24, 2.45) is 0 Å². The van der Waals surface area contributed by atoms with E-state index in [0.29, 0.717) is 11.3 Å². The van der Waals surface area contributed by atoms with E-state index in [9.17, 15) is 9.59 Å². The Morgan fingerprint density at radius 3 is 2.08 bits per heavy atom. The fourth-order valence-electron chi connectivity index (χ4n) is 2.53. The Balaban J connectivity index is 2.15. The molecule has 0 aliphatic heterocycles. The number of ether oxygens (including phenoxy) is 1. The van der Waals surface area contributed by atoms with Gasteiger partial charge in [-0.15, -0.1) is 0 Å². The van der Waals surface area contributed by atoms with Crippen molar-refractivity contribution in [1.82, 2.24) is 0 Å². The minimum Gasteiger partial charge on any atom is -0.479 e. The molecule has 1 amide bonds. The standard InChI is InChI=1S/C20H23NO4/c1-4-14-7-6-8-15(5-2)18(14)21-19(22)16-9-11-17(12-10-16)25-13(3)20(23)24/h6-13H,4-5H2,1-3H3,(H,21,22)(H,23,24). The maximum Gasteiger partial charge on any atom is 0.344 e. The molecule has 2 N–H and O–H groups in total. The molecule has 132 valence electrons. The first-order valence-corrected chi connectivity index (χ1v) is 8.37. The first-order valence-electron chi connectivity index (χ1n) is 8.37. The van der Waals surface area contributed by atoms with Crippen molar-refractivity contribution in [3.05, 3.63) is 59.2 Å². The second kappa shape index (κ2) is 8.33. The van der Waals surface area contributed by atoms with E-state index in [4.69, 9.17) is 9.84 Å². The number of rotatable bonds is 7. The first kappa shape index (κ1) is 18.5. The molecule has 2 aromatic rings. The SMILES string of the molecule is CCc1cccc(CC)c1NC(=O)c1ccc(OC(C)C(=O)O)cc1. The van der Waals surface area contributed by atoms with E-state index in [1.165, 1.54) is 6.92 Å². The van der Waals surface area contributed by atoms with Crippen LogP contribution in [0.1, 0.15) is 42.3 Å². The Bertz CT molecular complexity index is 731. The Labute approximate surface area is 147 Å². The van der Waals surface area contributed by atoms with Gasteiger partial charge >= 0.3 is 5.97 Å². The average Bonchev–Trinajstić information content (AvgIpc) is 2.62. The highest BCUT2D eigenvalue weighted by Crippen LogP contribution is 2.24. The summed E-state index contributed by atoms with van der Waals surface area (Å²) in [5.74, 6) is -0.826. The molecule has 0 aliphatic carbocycles. The van der Waals surface area contributed by atoms with Crippen molar-refractivity contribution in [1.29, 1.82) is 0 Å². The van der Waals surface area contributed by atoms with Crippen molar-refractivity contribution < 1.29 is 19.4 Å². The fourth-order valence-corrected chi connectivity index (χ4v) is 2.53. The number of hydrogen-bond donors (Lipinski definition) is 2. The lowest BCUT2D eigenvalue weighted by molar-refractivity contribution is -0.144. The second-order valence-electron chi connectivity index (χ2n) is 5.74. The van der Waals surface area contributed by atoms with Crippen LogP contribution in [-0.4, -0.2) is 23.1 Å². The van der Waals surface area contributed by atoms with Crippen molar-refractivity contribution in [3.63, 3.8) is 0 Å². The number of anilines is 1. The maximum atomic E-state index is 12.5. The predicted octanol–water partition coefficient (Wildman–Crippen LogP) is 3.92. The third-order valence-corrected chi connectivity index (χ3v) is 4.01. The van der Waals surface area contributed by atoms with E-state index in [-0.39, 0.29) is 5.91 Å². The molecule has 2 aromatic carbocycles. The number of carboxylic acid groups (broad SMARTS) is 1. The summed E-state index contributed by atoms with van der Waals surface area (Å²) in [4.78, 5) is 23.4. The van der Waals surface area contributed by atoms with Crippen LogP contribution in [0.2, 0.25) is 0 Å². The van der Waals surface area contributed by atoms with E-state index in [1.54, 1.807) is 24.3 Å². The second-order valence-corrected chi connectivity index (χ2v) is 5.74. The van der Waals surface area contributed by atoms with E-state index in [2.05, 4.69) is 19.2 Å². The van der Waals surface area contributed by atoms with Crippen molar-refractivity contribution >= 4 is 17.6 Å². The summed E-state index contributed by atoms with van der Waals surface area (Å²) in [5.41, 5.74) is 3.56. The zero-order chi connectivity index (χ0) is 18.4. The van der Waals surface area contributed by atoms with Crippen LogP contribution in [-0.2, 0) is 17.6 Å². The molecule has 1 unspecified atom stereocenters. The lowest BCUT2D eigenvalue weighted by Crippen LogP contribution is -2.22. The van der Waals surface area contributed by atoms with Gasteiger partial charge in [0.1, 0.15) is 5.75 Å². The van der Waals surface area contributed by atoms with Gasteiger partial charge in [-0.2, -0.15) is 0 Å². The normalized spacial score (nSPS) is 11.6. The summed E-state index contributed by atoms with van der Waals surface area (Å²) in [6, 6.07) is 12.5. The molecule has 0 fully saturated rings. The van der Waals surface area contributed by atoms with E-state index in [0.717, 1.165) is 29.7 Å². The van der Waals surface area contributed by atoms with Gasteiger partial charge < -0.3 is 15.2 Å². The third-order valence-electron chi connectivity index (χ3n) is 4.01. The van der Waals surface area contributed by atoms with Crippen LogP contribution >= 0.6 is 0 Å². The quantitative estimate of drug-likeness (QED) is 0.800. The fraction of sp³-hybridized carbons (Fsp3) is 0.300. The summed E-state index contributed by atoms with van der Waals surface area (Å²) >= 11 is 0. The van der Waals surface area contributed by atoms with Crippen LogP contribution in [0, 0.1) is 0 Å². The van der Waals surface area contributed by atoms with Gasteiger partial charge in [0.15, 0.2) is 6.10 Å². The van der Waals surface area contributed by atoms with Gasteiger partial charge in [-0.1, -0.05) is 32.0 Å². The Kier molecular flexibility index (Phi) is 6.17. The Morgan fingerprint density at radius 2 is 1.60 bits per heavy atom. The molecule has 5 nitrogen and oxygen atoms in total. The number of benzene rings is 2. The van der Waals surface area contributed by atoms with Crippen LogP contribution in [0.25, 0.3) is 0 Å². The zero-order valence-corrected chi connectivity index (χ0v) is 14.7. The summed E-state index contributed by atoms with van der Waals surface area (Å²) in [6.45, 7) is 5.57.